The molecule has 1 aliphatic rings. The Bertz CT molecular complexity index is 1200. The lowest BCUT2D eigenvalue weighted by atomic mass is 9.87. The highest BCUT2D eigenvalue weighted by molar-refractivity contribution is 7.20. The van der Waals surface area contributed by atoms with Crippen LogP contribution in [0.15, 0.2) is 48.7 Å². The number of hydrogen-bond acceptors (Lipinski definition) is 6. The van der Waals surface area contributed by atoms with E-state index in [1.54, 1.807) is 30.1 Å². The number of aromatic nitrogens is 3. The summed E-state index contributed by atoms with van der Waals surface area (Å²) in [5.41, 5.74) is 2.74. The van der Waals surface area contributed by atoms with Crippen molar-refractivity contribution in [3.63, 3.8) is 0 Å². The minimum Gasteiger partial charge on any atom is -0.508 e. The Hall–Kier alpha value is -3.39. The van der Waals surface area contributed by atoms with Crippen LogP contribution >= 0.6 is 11.3 Å². The number of hydrogen-bond donors (Lipinski definition) is 2. The van der Waals surface area contributed by atoms with Gasteiger partial charge in [0.1, 0.15) is 17.3 Å². The number of ether oxygens (including phenoxy) is 1. The maximum atomic E-state index is 12.4. The topological polar surface area (TPSA) is 89.3 Å². The van der Waals surface area contributed by atoms with Crippen LogP contribution in [0.25, 0.3) is 15.3 Å². The molecule has 1 aliphatic heterocycles. The molecule has 8 heteroatoms. The Kier molecular flexibility index (Phi) is 3.80. The molecule has 0 saturated carbocycles. The van der Waals surface area contributed by atoms with Crippen LogP contribution < -0.4 is 10.1 Å². The van der Waals surface area contributed by atoms with Crippen molar-refractivity contribution in [2.75, 3.05) is 12.4 Å². The summed E-state index contributed by atoms with van der Waals surface area (Å²) in [6, 6.07) is 12.6. The van der Waals surface area contributed by atoms with Crippen molar-refractivity contribution in [1.29, 1.82) is 0 Å². The number of amides is 1. The van der Waals surface area contributed by atoms with Gasteiger partial charge < -0.3 is 15.2 Å². The van der Waals surface area contributed by atoms with E-state index in [4.69, 9.17) is 4.74 Å². The molecule has 2 aromatic heterocycles. The van der Waals surface area contributed by atoms with Gasteiger partial charge in [-0.3, -0.25) is 4.79 Å². The molecule has 0 radical (unpaired) electrons. The molecule has 0 bridgehead atoms. The highest BCUT2D eigenvalue weighted by Crippen LogP contribution is 2.39. The average molecular weight is 392 g/mol. The maximum absolute atomic E-state index is 12.4. The largest absolute Gasteiger partial charge is 0.508 e. The second-order valence-electron chi connectivity index (χ2n) is 6.59. The van der Waals surface area contributed by atoms with Crippen LogP contribution in [0.4, 0.5) is 5.82 Å². The van der Waals surface area contributed by atoms with Gasteiger partial charge in [-0.25, -0.2) is 4.98 Å². The summed E-state index contributed by atoms with van der Waals surface area (Å²) >= 11 is 1.48. The van der Waals surface area contributed by atoms with Gasteiger partial charge >= 0.3 is 0 Å². The van der Waals surface area contributed by atoms with E-state index in [2.05, 4.69) is 15.4 Å². The van der Waals surface area contributed by atoms with Crippen molar-refractivity contribution in [1.82, 2.24) is 14.8 Å². The average Bonchev–Trinajstić information content (AvgIpc) is 3.30. The highest BCUT2D eigenvalue weighted by atomic mass is 32.1. The summed E-state index contributed by atoms with van der Waals surface area (Å²) in [6.45, 7) is 0. The van der Waals surface area contributed by atoms with E-state index in [1.165, 1.54) is 11.3 Å². The standard InChI is InChI=1S/C20H16N4O3S/c1-27-13-6-7-16-17(8-13)28-20(22-16)24-19-15(10-21-24)14(9-18(26)23-19)11-2-4-12(25)5-3-11/h2-8,10,14,25H,9H2,1H3,(H,23,26)/t14-/m1/s1. The molecule has 7 nitrogen and oxygen atoms in total. The van der Waals surface area contributed by atoms with Crippen LogP contribution in [0, 0.1) is 0 Å². The molecule has 0 aliphatic carbocycles. The molecule has 140 valence electrons. The first-order valence-electron chi connectivity index (χ1n) is 8.74. The van der Waals surface area contributed by atoms with Gasteiger partial charge in [-0.05, 0) is 35.9 Å². The summed E-state index contributed by atoms with van der Waals surface area (Å²) in [7, 11) is 1.63. The van der Waals surface area contributed by atoms with Crippen LogP contribution in [0.1, 0.15) is 23.5 Å². The molecule has 1 amide bonds. The Morgan fingerprint density at radius 1 is 1.25 bits per heavy atom. The van der Waals surface area contributed by atoms with E-state index in [0.29, 0.717) is 17.4 Å². The zero-order valence-corrected chi connectivity index (χ0v) is 15.7. The Balaban J connectivity index is 1.60. The first-order chi connectivity index (χ1) is 13.6. The monoisotopic (exact) mass is 392 g/mol. The number of anilines is 1. The second kappa shape index (κ2) is 6.35. The van der Waals surface area contributed by atoms with Crippen molar-refractivity contribution >= 4 is 33.3 Å². The second-order valence-corrected chi connectivity index (χ2v) is 7.60. The third kappa shape index (κ3) is 2.69. The van der Waals surface area contributed by atoms with Crippen molar-refractivity contribution in [2.45, 2.75) is 12.3 Å². The molecule has 4 aromatic rings. The third-order valence-electron chi connectivity index (χ3n) is 4.88. The van der Waals surface area contributed by atoms with Crippen molar-refractivity contribution in [2.24, 2.45) is 0 Å². The number of carbonyl (C=O) groups is 1. The van der Waals surface area contributed by atoms with Gasteiger partial charge in [-0.2, -0.15) is 9.78 Å². The summed E-state index contributed by atoms with van der Waals surface area (Å²) in [5.74, 6) is 1.42. The van der Waals surface area contributed by atoms with Crippen LogP contribution in [0.5, 0.6) is 11.5 Å². The molecule has 0 saturated heterocycles. The molecule has 5 rings (SSSR count). The summed E-state index contributed by atoms with van der Waals surface area (Å²) in [4.78, 5) is 17.0. The van der Waals surface area contributed by atoms with Gasteiger partial charge in [0.05, 0.1) is 23.5 Å². The number of phenolic OH excluding ortho intramolecular Hbond substituents is 1. The molecular weight excluding hydrogens is 376 g/mol. The van der Waals surface area contributed by atoms with E-state index in [1.807, 2.05) is 30.3 Å². The fraction of sp³-hybridized carbons (Fsp3) is 0.150. The fourth-order valence-corrected chi connectivity index (χ4v) is 4.44. The number of carbonyl (C=O) groups excluding carboxylic acids is 1. The lowest BCUT2D eigenvalue weighted by molar-refractivity contribution is -0.116. The third-order valence-corrected chi connectivity index (χ3v) is 5.87. The van der Waals surface area contributed by atoms with Crippen molar-refractivity contribution in [3.8, 4) is 16.6 Å². The van der Waals surface area contributed by atoms with Crippen LogP contribution in [0.2, 0.25) is 0 Å². The maximum Gasteiger partial charge on any atom is 0.226 e. The predicted molar refractivity (Wildman–Crippen MR) is 106 cm³/mol. The van der Waals surface area contributed by atoms with Gasteiger partial charge in [0.2, 0.25) is 11.0 Å². The van der Waals surface area contributed by atoms with E-state index in [-0.39, 0.29) is 17.6 Å². The molecule has 3 heterocycles. The molecule has 28 heavy (non-hydrogen) atoms. The zero-order chi connectivity index (χ0) is 19.3. The first-order valence-corrected chi connectivity index (χ1v) is 9.55. The number of benzene rings is 2. The number of nitrogens with one attached hydrogen (secondary N) is 1. The van der Waals surface area contributed by atoms with Crippen molar-refractivity contribution < 1.29 is 14.6 Å². The molecular formula is C20H16N4O3S. The molecule has 0 fully saturated rings. The van der Waals surface area contributed by atoms with Gasteiger partial charge in [0.25, 0.3) is 0 Å². The summed E-state index contributed by atoms with van der Waals surface area (Å²) < 4.78 is 7.94. The minimum absolute atomic E-state index is 0.0740. The van der Waals surface area contributed by atoms with Gasteiger partial charge in [0, 0.05) is 17.9 Å². The lowest BCUT2D eigenvalue weighted by Crippen LogP contribution is -2.24. The predicted octanol–water partition coefficient (Wildman–Crippen LogP) is 3.67. The zero-order valence-electron chi connectivity index (χ0n) is 14.9. The SMILES string of the molecule is COc1ccc2nc(-n3ncc4c3NC(=O)C[C@@H]4c3ccc(O)cc3)sc2c1. The Morgan fingerprint density at radius 2 is 2.07 bits per heavy atom. The first kappa shape index (κ1) is 16.8. The number of rotatable bonds is 3. The quantitative estimate of drug-likeness (QED) is 0.555. The molecule has 1 atom stereocenters. The number of aromatic hydroxyl groups is 1. The normalized spacial score (nSPS) is 16.0. The Morgan fingerprint density at radius 3 is 2.86 bits per heavy atom. The van der Waals surface area contributed by atoms with E-state index >= 15 is 0 Å². The van der Waals surface area contributed by atoms with E-state index in [0.717, 1.165) is 27.1 Å². The number of nitrogens with zero attached hydrogens (tertiary/aromatic N) is 3. The number of methoxy groups -OCH3 is 1. The Labute approximate surface area is 164 Å². The molecule has 0 unspecified atom stereocenters. The van der Waals surface area contributed by atoms with Crippen molar-refractivity contribution in [3.05, 3.63) is 59.8 Å². The van der Waals surface area contributed by atoms with Gasteiger partial charge in [-0.1, -0.05) is 23.5 Å². The van der Waals surface area contributed by atoms with Gasteiger partial charge in [0.15, 0.2) is 0 Å². The van der Waals surface area contributed by atoms with Crippen LogP contribution in [-0.2, 0) is 4.79 Å². The molecule has 0 spiro atoms. The fourth-order valence-electron chi connectivity index (χ4n) is 3.48. The molecule has 2 aromatic carbocycles. The van der Waals surface area contributed by atoms with Crippen LogP contribution in [0.3, 0.4) is 0 Å². The number of fused-ring (bicyclic) bond motifs is 2. The number of thiazole rings is 1. The minimum atomic E-state index is -0.118. The van der Waals surface area contributed by atoms with Gasteiger partial charge in [-0.15, -0.1) is 0 Å². The highest BCUT2D eigenvalue weighted by Gasteiger charge is 2.31. The number of phenols is 1. The smallest absolute Gasteiger partial charge is 0.226 e. The molecule has 2 N–H and O–H groups in total. The van der Waals surface area contributed by atoms with E-state index < -0.39 is 0 Å². The lowest BCUT2D eigenvalue weighted by Gasteiger charge is -2.23. The summed E-state index contributed by atoms with van der Waals surface area (Å²) in [5, 5.41) is 17.7. The van der Waals surface area contributed by atoms with Crippen LogP contribution in [-0.4, -0.2) is 32.9 Å². The summed E-state index contributed by atoms with van der Waals surface area (Å²) in [6.07, 6.45) is 2.11. The van der Waals surface area contributed by atoms with E-state index in [9.17, 15) is 9.90 Å².